The predicted molar refractivity (Wildman–Crippen MR) is 72.3 cm³/mol. The molecule has 0 fully saturated rings. The third-order valence-electron chi connectivity index (χ3n) is 4.24. The van der Waals surface area contributed by atoms with Crippen LogP contribution in [-0.2, 0) is 5.41 Å². The third kappa shape index (κ3) is 1.69. The van der Waals surface area contributed by atoms with Crippen LogP contribution in [0.3, 0.4) is 0 Å². The molecule has 0 aliphatic carbocycles. The molecule has 0 radical (unpaired) electrons. The van der Waals surface area contributed by atoms with Crippen molar-refractivity contribution in [1.29, 1.82) is 0 Å². The van der Waals surface area contributed by atoms with Crippen LogP contribution in [0.2, 0.25) is 0 Å². The van der Waals surface area contributed by atoms with Crippen LogP contribution in [0.25, 0.3) is 10.8 Å². The molecule has 1 aliphatic rings. The van der Waals surface area contributed by atoms with Gasteiger partial charge in [0.25, 0.3) is 0 Å². The molecule has 0 N–H and O–H groups in total. The smallest absolute Gasteiger partial charge is 0.202 e. The molecule has 1 aliphatic heterocycles. The molecule has 2 aromatic rings. The Labute approximate surface area is 131 Å². The Hall–Kier alpha value is -0.630. The standard InChI is InChI=1S/C16H17N.Na/c1-11-16(2,3)15-13-8-6-5-7-12(13)9-10-14(15)17(11)4;/h6-10H,1-4H3;/q;+1. The van der Waals surface area contributed by atoms with Crippen LogP contribution >= 0.6 is 0 Å². The minimum atomic E-state index is 0. The van der Waals surface area contributed by atoms with E-state index >= 15 is 0 Å². The summed E-state index contributed by atoms with van der Waals surface area (Å²) in [6.07, 6.45) is 0. The number of hydrogen-bond donors (Lipinski definition) is 0. The van der Waals surface area contributed by atoms with E-state index in [0.717, 1.165) is 0 Å². The molecule has 1 heterocycles. The molecule has 2 heteroatoms. The van der Waals surface area contributed by atoms with Gasteiger partial charge in [-0.15, -0.1) is 16.8 Å². The molecule has 0 bridgehead atoms. The van der Waals surface area contributed by atoms with Gasteiger partial charge in [0.1, 0.15) is 7.05 Å². The molecule has 2 aromatic carbocycles. The van der Waals surface area contributed by atoms with Crippen molar-refractivity contribution in [3.8, 4) is 0 Å². The Morgan fingerprint density at radius 3 is 2.61 bits per heavy atom. The van der Waals surface area contributed by atoms with Crippen LogP contribution in [0.1, 0.15) is 26.3 Å². The molecule has 18 heavy (non-hydrogen) atoms. The zero-order valence-electron chi connectivity index (χ0n) is 11.8. The van der Waals surface area contributed by atoms with Crippen LogP contribution in [0, 0.1) is 6.07 Å². The topological polar surface area (TPSA) is 3.01 Å². The zero-order chi connectivity index (χ0) is 12.2. The third-order valence-corrected chi connectivity index (χ3v) is 4.24. The first-order valence-corrected chi connectivity index (χ1v) is 6.04. The summed E-state index contributed by atoms with van der Waals surface area (Å²) in [6.45, 7) is 6.84. The quantitative estimate of drug-likeness (QED) is 0.365. The van der Waals surface area contributed by atoms with E-state index in [0.29, 0.717) is 0 Å². The SMILES string of the molecule is CC1=[N+](C)c2ccc3c[c-]ccc3c2C1(C)C.[Na+]. The van der Waals surface area contributed by atoms with Crippen molar-refractivity contribution in [3.05, 3.63) is 42.0 Å². The first kappa shape index (κ1) is 13.8. The molecule has 3 rings (SSSR count). The Morgan fingerprint density at radius 2 is 1.89 bits per heavy atom. The molecule has 0 atom stereocenters. The van der Waals surface area contributed by atoms with E-state index in [-0.39, 0.29) is 35.0 Å². The Morgan fingerprint density at radius 1 is 1.17 bits per heavy atom. The van der Waals surface area contributed by atoms with Crippen LogP contribution in [-0.4, -0.2) is 17.3 Å². The van der Waals surface area contributed by atoms with Gasteiger partial charge < -0.3 is 0 Å². The van der Waals surface area contributed by atoms with E-state index in [1.807, 2.05) is 6.07 Å². The normalized spacial score (nSPS) is 16.7. The van der Waals surface area contributed by atoms with E-state index in [9.17, 15) is 0 Å². The second kappa shape index (κ2) is 4.48. The average Bonchev–Trinajstić information content (AvgIpc) is 2.51. The van der Waals surface area contributed by atoms with Gasteiger partial charge in [-0.3, -0.25) is 0 Å². The van der Waals surface area contributed by atoms with Crippen LogP contribution in [0.5, 0.6) is 0 Å². The van der Waals surface area contributed by atoms with Gasteiger partial charge >= 0.3 is 29.6 Å². The maximum Gasteiger partial charge on any atom is 1.00 e. The van der Waals surface area contributed by atoms with E-state index in [1.54, 1.807) is 0 Å². The fourth-order valence-electron chi connectivity index (χ4n) is 2.92. The fraction of sp³-hybridized carbons (Fsp3) is 0.312. The maximum absolute atomic E-state index is 3.16. The Bertz CT molecular complexity index is 653. The van der Waals surface area contributed by atoms with Crippen LogP contribution in [0.4, 0.5) is 5.69 Å². The summed E-state index contributed by atoms with van der Waals surface area (Å²) in [4.78, 5) is 0. The molecule has 86 valence electrons. The summed E-state index contributed by atoms with van der Waals surface area (Å²) in [6, 6.07) is 13.8. The van der Waals surface area contributed by atoms with Crippen molar-refractivity contribution in [2.24, 2.45) is 0 Å². The van der Waals surface area contributed by atoms with Crippen LogP contribution < -0.4 is 29.6 Å². The van der Waals surface area contributed by atoms with E-state index in [1.165, 1.54) is 27.7 Å². The molecule has 0 unspecified atom stereocenters. The van der Waals surface area contributed by atoms with Gasteiger partial charge in [-0.2, -0.15) is 24.3 Å². The number of hydrogen-bond acceptors (Lipinski definition) is 0. The molecule has 1 nitrogen and oxygen atoms in total. The predicted octanol–water partition coefficient (Wildman–Crippen LogP) is 0.670. The van der Waals surface area contributed by atoms with Crippen molar-refractivity contribution in [2.45, 2.75) is 26.2 Å². The summed E-state index contributed by atoms with van der Waals surface area (Å²) in [5, 5.41) is 2.64. The first-order chi connectivity index (χ1) is 8.03. The molecule has 0 aromatic heterocycles. The largest absolute Gasteiger partial charge is 1.00 e. The summed E-state index contributed by atoms with van der Waals surface area (Å²) in [5.74, 6) is 0. The number of rotatable bonds is 0. The Kier molecular flexibility index (Phi) is 3.44. The minimum absolute atomic E-state index is 0. The second-order valence-corrected chi connectivity index (χ2v) is 5.38. The van der Waals surface area contributed by atoms with Crippen molar-refractivity contribution in [3.63, 3.8) is 0 Å². The second-order valence-electron chi connectivity index (χ2n) is 5.38. The first-order valence-electron chi connectivity index (χ1n) is 6.04. The fourth-order valence-corrected chi connectivity index (χ4v) is 2.92. The van der Waals surface area contributed by atoms with Crippen molar-refractivity contribution in [1.82, 2.24) is 0 Å². The summed E-state index contributed by atoms with van der Waals surface area (Å²) in [7, 11) is 2.16. The van der Waals surface area contributed by atoms with Gasteiger partial charge in [0.15, 0.2) is 5.71 Å². The van der Waals surface area contributed by atoms with E-state index in [4.69, 9.17) is 0 Å². The molecule has 0 spiro atoms. The number of benzene rings is 2. The summed E-state index contributed by atoms with van der Waals surface area (Å²) >= 11 is 0. The van der Waals surface area contributed by atoms with Gasteiger partial charge in [-0.1, -0.05) is 0 Å². The van der Waals surface area contributed by atoms with Gasteiger partial charge in [-0.25, -0.2) is 4.58 Å². The summed E-state index contributed by atoms with van der Waals surface area (Å²) < 4.78 is 2.31. The monoisotopic (exact) mass is 246 g/mol. The molecule has 0 saturated carbocycles. The van der Waals surface area contributed by atoms with Crippen LogP contribution in [0.15, 0.2) is 30.3 Å². The molecular formula is C16H17NNa+. The molecule has 0 amide bonds. The van der Waals surface area contributed by atoms with Gasteiger partial charge in [-0.05, 0) is 19.9 Å². The number of fused-ring (bicyclic) bond motifs is 3. The van der Waals surface area contributed by atoms with E-state index < -0.39 is 0 Å². The van der Waals surface area contributed by atoms with E-state index in [2.05, 4.69) is 62.7 Å². The Balaban J connectivity index is 0.00000120. The number of nitrogens with zero attached hydrogens (tertiary/aromatic N) is 1. The van der Waals surface area contributed by atoms with Crippen molar-refractivity contribution >= 4 is 22.2 Å². The van der Waals surface area contributed by atoms with Gasteiger partial charge in [0.05, 0.1) is 5.41 Å². The summed E-state index contributed by atoms with van der Waals surface area (Å²) in [5.41, 5.74) is 4.31. The maximum atomic E-state index is 3.16. The van der Waals surface area contributed by atoms with Crippen molar-refractivity contribution < 1.29 is 34.1 Å². The van der Waals surface area contributed by atoms with Gasteiger partial charge in [0.2, 0.25) is 5.69 Å². The molecular weight excluding hydrogens is 229 g/mol. The zero-order valence-corrected chi connectivity index (χ0v) is 13.8. The van der Waals surface area contributed by atoms with Crippen molar-refractivity contribution in [2.75, 3.05) is 7.05 Å². The molecule has 0 saturated heterocycles. The average molecular weight is 246 g/mol. The minimum Gasteiger partial charge on any atom is -0.202 e. The van der Waals surface area contributed by atoms with Gasteiger partial charge in [0, 0.05) is 12.5 Å².